The number of rotatable bonds is 9. The van der Waals surface area contributed by atoms with E-state index in [9.17, 15) is 10.2 Å². The Balaban J connectivity index is 1.45. The summed E-state index contributed by atoms with van der Waals surface area (Å²) < 4.78 is 0. The first kappa shape index (κ1) is 25.3. The van der Waals surface area contributed by atoms with Crippen LogP contribution in [0.5, 0.6) is 11.5 Å². The number of nitrogens with two attached hydrogens (primary N) is 1. The Morgan fingerprint density at radius 2 is 1.61 bits per heavy atom. The zero-order chi connectivity index (χ0) is 25.5. The first-order valence-electron chi connectivity index (χ1n) is 12.6. The summed E-state index contributed by atoms with van der Waals surface area (Å²) in [6.45, 7) is 6.83. The highest BCUT2D eigenvalue weighted by Crippen LogP contribution is 2.35. The number of aryl methyl sites for hydroxylation is 2. The highest BCUT2D eigenvalue weighted by Gasteiger charge is 2.15. The molecular formula is C33H35NO2. The molecule has 36 heavy (non-hydrogen) atoms. The van der Waals surface area contributed by atoms with Crippen LogP contribution in [0.2, 0.25) is 0 Å². The third-order valence-electron chi connectivity index (χ3n) is 6.87. The maximum Gasteiger partial charge on any atom is 0.123 e. The summed E-state index contributed by atoms with van der Waals surface area (Å²) in [5, 5.41) is 20.2. The van der Waals surface area contributed by atoms with Gasteiger partial charge in [-0.25, -0.2) is 0 Å². The van der Waals surface area contributed by atoms with Gasteiger partial charge in [-0.15, -0.1) is 0 Å². The predicted octanol–water partition coefficient (Wildman–Crippen LogP) is 7.37. The summed E-state index contributed by atoms with van der Waals surface area (Å²) in [4.78, 5) is 0. The molecule has 0 heterocycles. The summed E-state index contributed by atoms with van der Waals surface area (Å²) in [6, 6.07) is 23.6. The van der Waals surface area contributed by atoms with Crippen LogP contribution in [0.3, 0.4) is 0 Å². The molecule has 0 amide bonds. The molecule has 4 rings (SSSR count). The molecule has 4 N–H and O–H groups in total. The number of hydrogen-bond acceptors (Lipinski definition) is 3. The second kappa shape index (κ2) is 11.7. The molecule has 0 saturated heterocycles. The molecule has 0 saturated carbocycles. The molecule has 1 aliphatic carbocycles. The monoisotopic (exact) mass is 477 g/mol. The smallest absolute Gasteiger partial charge is 0.123 e. The molecule has 0 aliphatic heterocycles. The number of hydrogen-bond donors (Lipinski definition) is 3. The first-order valence-corrected chi connectivity index (χ1v) is 12.6. The summed E-state index contributed by atoms with van der Waals surface area (Å²) in [7, 11) is 0. The Kier molecular flexibility index (Phi) is 8.24. The second-order valence-electron chi connectivity index (χ2n) is 9.58. The summed E-state index contributed by atoms with van der Waals surface area (Å²) in [6.07, 6.45) is 8.95. The van der Waals surface area contributed by atoms with Crippen LogP contribution in [0.1, 0.15) is 48.4 Å². The third kappa shape index (κ3) is 6.44. The molecule has 3 aromatic rings. The van der Waals surface area contributed by atoms with Crippen molar-refractivity contribution < 1.29 is 10.2 Å². The quantitative estimate of drug-likeness (QED) is 0.301. The molecule has 184 valence electrons. The van der Waals surface area contributed by atoms with Gasteiger partial charge in [0.25, 0.3) is 0 Å². The lowest BCUT2D eigenvalue weighted by atomic mass is 9.86. The highest BCUT2D eigenvalue weighted by atomic mass is 16.3. The van der Waals surface area contributed by atoms with Crippen molar-refractivity contribution in [3.05, 3.63) is 131 Å². The summed E-state index contributed by atoms with van der Waals surface area (Å²) >= 11 is 0. The summed E-state index contributed by atoms with van der Waals surface area (Å²) in [5.74, 6) is 0.568. The Labute approximate surface area is 214 Å². The van der Waals surface area contributed by atoms with Gasteiger partial charge in [0.2, 0.25) is 0 Å². The van der Waals surface area contributed by atoms with E-state index in [1.165, 1.54) is 27.8 Å². The molecule has 0 bridgehead atoms. The minimum absolute atomic E-state index is 0.271. The van der Waals surface area contributed by atoms with Crippen LogP contribution in [0.4, 0.5) is 0 Å². The third-order valence-corrected chi connectivity index (χ3v) is 6.87. The van der Waals surface area contributed by atoms with Gasteiger partial charge in [0, 0.05) is 12.1 Å². The molecule has 1 aliphatic rings. The van der Waals surface area contributed by atoms with Crippen molar-refractivity contribution in [3.63, 3.8) is 0 Å². The number of allylic oxidation sites excluding steroid dienone is 6. The van der Waals surface area contributed by atoms with Gasteiger partial charge in [0.05, 0.1) is 0 Å². The summed E-state index contributed by atoms with van der Waals surface area (Å²) in [5.41, 5.74) is 16.3. The molecule has 3 nitrogen and oxygen atoms in total. The van der Waals surface area contributed by atoms with E-state index >= 15 is 0 Å². The van der Waals surface area contributed by atoms with Crippen LogP contribution in [0.25, 0.3) is 11.1 Å². The van der Waals surface area contributed by atoms with Gasteiger partial charge in [0.1, 0.15) is 11.5 Å². The SMILES string of the molecule is C=C(CCc1cccc(CCC2=CC(c3ccccc3O)=C/C(=C(\C)CN)C2)c1)c1cccc(O)c1. The fraction of sp³-hybridized carbons (Fsp3) is 0.212. The molecule has 0 unspecified atom stereocenters. The van der Waals surface area contributed by atoms with E-state index in [1.807, 2.05) is 30.3 Å². The molecule has 0 atom stereocenters. The van der Waals surface area contributed by atoms with E-state index in [2.05, 4.69) is 49.9 Å². The molecule has 0 spiro atoms. The van der Waals surface area contributed by atoms with Crippen LogP contribution >= 0.6 is 0 Å². The maximum atomic E-state index is 10.4. The minimum atomic E-state index is 0.271. The fourth-order valence-electron chi connectivity index (χ4n) is 4.65. The van der Waals surface area contributed by atoms with Gasteiger partial charge in [-0.2, -0.15) is 0 Å². The number of phenols is 2. The lowest BCUT2D eigenvalue weighted by Gasteiger charge is -2.19. The van der Waals surface area contributed by atoms with Gasteiger partial charge in [-0.1, -0.05) is 84.5 Å². The Bertz CT molecular complexity index is 1340. The molecule has 0 radical (unpaired) electrons. The largest absolute Gasteiger partial charge is 0.508 e. The van der Waals surface area contributed by atoms with Gasteiger partial charge in [-0.3, -0.25) is 0 Å². The van der Waals surface area contributed by atoms with E-state index in [-0.39, 0.29) is 5.75 Å². The van der Waals surface area contributed by atoms with Crippen LogP contribution in [-0.4, -0.2) is 16.8 Å². The fourth-order valence-corrected chi connectivity index (χ4v) is 4.65. The predicted molar refractivity (Wildman–Crippen MR) is 151 cm³/mol. The van der Waals surface area contributed by atoms with Crippen molar-refractivity contribution in [1.29, 1.82) is 0 Å². The highest BCUT2D eigenvalue weighted by molar-refractivity contribution is 5.81. The number of aromatic hydroxyl groups is 2. The van der Waals surface area contributed by atoms with Crippen molar-refractivity contribution in [2.75, 3.05) is 6.54 Å². The van der Waals surface area contributed by atoms with Crippen LogP contribution in [0.15, 0.2) is 108 Å². The Hall–Kier alpha value is -3.82. The normalized spacial score (nSPS) is 14.7. The zero-order valence-electron chi connectivity index (χ0n) is 21.0. The Morgan fingerprint density at radius 3 is 2.36 bits per heavy atom. The molecule has 0 fully saturated rings. The first-order chi connectivity index (χ1) is 17.4. The van der Waals surface area contributed by atoms with Crippen molar-refractivity contribution in [1.82, 2.24) is 0 Å². The number of para-hydroxylation sites is 1. The molecular weight excluding hydrogens is 442 g/mol. The van der Waals surface area contributed by atoms with E-state index in [0.29, 0.717) is 12.3 Å². The standard InChI is InChI=1S/C33H35NO2/c1-23(28-9-6-10-31(35)21-28)13-14-25-7-5-8-26(17-25)15-16-27-18-29(24(2)22-34)20-30(19-27)32-11-3-4-12-33(32)36/h3-12,17,19-21,35-36H,1,13-16,18,22,34H2,2H3/b29-24+. The van der Waals surface area contributed by atoms with Crippen LogP contribution < -0.4 is 5.73 Å². The van der Waals surface area contributed by atoms with E-state index in [0.717, 1.165) is 54.4 Å². The second-order valence-corrected chi connectivity index (χ2v) is 9.58. The maximum absolute atomic E-state index is 10.4. The van der Waals surface area contributed by atoms with Crippen LogP contribution in [-0.2, 0) is 12.8 Å². The topological polar surface area (TPSA) is 66.5 Å². The van der Waals surface area contributed by atoms with Crippen molar-refractivity contribution >= 4 is 11.1 Å². The molecule has 3 aromatic carbocycles. The van der Waals surface area contributed by atoms with Gasteiger partial charge in [-0.05, 0) is 90.6 Å². The van der Waals surface area contributed by atoms with Gasteiger partial charge < -0.3 is 15.9 Å². The van der Waals surface area contributed by atoms with E-state index in [4.69, 9.17) is 5.73 Å². The number of phenolic OH excluding ortho intramolecular Hbond substituents is 2. The average molecular weight is 478 g/mol. The van der Waals surface area contributed by atoms with E-state index in [1.54, 1.807) is 18.2 Å². The van der Waals surface area contributed by atoms with Crippen molar-refractivity contribution in [3.8, 4) is 11.5 Å². The average Bonchev–Trinajstić information content (AvgIpc) is 2.90. The lowest BCUT2D eigenvalue weighted by molar-refractivity contribution is 0.473. The molecule has 3 heteroatoms. The lowest BCUT2D eigenvalue weighted by Crippen LogP contribution is -2.06. The van der Waals surface area contributed by atoms with Crippen molar-refractivity contribution in [2.45, 2.75) is 39.0 Å². The van der Waals surface area contributed by atoms with E-state index < -0.39 is 0 Å². The number of benzene rings is 3. The zero-order valence-corrected chi connectivity index (χ0v) is 21.0. The Morgan fingerprint density at radius 1 is 0.861 bits per heavy atom. The van der Waals surface area contributed by atoms with Gasteiger partial charge >= 0.3 is 0 Å². The van der Waals surface area contributed by atoms with Gasteiger partial charge in [0.15, 0.2) is 0 Å². The van der Waals surface area contributed by atoms with Crippen LogP contribution in [0, 0.1) is 0 Å². The molecule has 0 aromatic heterocycles. The minimum Gasteiger partial charge on any atom is -0.508 e. The van der Waals surface area contributed by atoms with Crippen molar-refractivity contribution in [2.24, 2.45) is 5.73 Å².